The molecule has 3 rings (SSSR count). The molecule has 0 amide bonds. The van der Waals surface area contributed by atoms with Gasteiger partial charge in [-0.25, -0.2) is 14.0 Å². The second kappa shape index (κ2) is 8.07. The molecule has 0 aliphatic carbocycles. The SMILES string of the molecule is Cc1ccc(C(=O)OC[C@H]2O[C@@H](n3ccc(=O)[nH]c3=O)[C@@H](F)[C@@H]2N=[N+]=[N-])cc1. The average Bonchev–Trinajstić information content (AvgIpc) is 2.97. The Bertz CT molecular complexity index is 1030. The first-order valence-electron chi connectivity index (χ1n) is 8.29. The summed E-state index contributed by atoms with van der Waals surface area (Å²) in [5, 5.41) is 3.37. The van der Waals surface area contributed by atoms with Crippen LogP contribution in [0.5, 0.6) is 0 Å². The van der Waals surface area contributed by atoms with Gasteiger partial charge in [-0.15, -0.1) is 0 Å². The van der Waals surface area contributed by atoms with Crippen molar-refractivity contribution in [2.45, 2.75) is 31.5 Å². The van der Waals surface area contributed by atoms with Crippen LogP contribution in [-0.4, -0.2) is 40.4 Å². The van der Waals surface area contributed by atoms with E-state index in [0.29, 0.717) is 5.56 Å². The Labute approximate surface area is 157 Å². The number of azide groups is 1. The molecule has 1 aliphatic heterocycles. The van der Waals surface area contributed by atoms with E-state index in [0.717, 1.165) is 22.4 Å². The van der Waals surface area contributed by atoms with Crippen molar-refractivity contribution in [2.24, 2.45) is 5.11 Å². The lowest BCUT2D eigenvalue weighted by Gasteiger charge is -2.16. The molecule has 0 bridgehead atoms. The Morgan fingerprint density at radius 2 is 2.07 bits per heavy atom. The minimum absolute atomic E-state index is 0.300. The standard InChI is InChI=1S/C17H16FN5O5/c1-9-2-4-10(5-3-9)16(25)27-8-11-14(21-22-19)13(18)15(28-11)23-7-6-12(24)20-17(23)26/h2-7,11,13-15H,8H2,1H3,(H,20,24,26)/t11-,13+,14-,15-/m1/s1. The number of esters is 1. The lowest BCUT2D eigenvalue weighted by atomic mass is 10.1. The van der Waals surface area contributed by atoms with Gasteiger partial charge >= 0.3 is 11.7 Å². The minimum Gasteiger partial charge on any atom is -0.459 e. The highest BCUT2D eigenvalue weighted by Crippen LogP contribution is 2.33. The van der Waals surface area contributed by atoms with Crippen LogP contribution in [0.25, 0.3) is 10.4 Å². The number of nitrogens with one attached hydrogen (secondary N) is 1. The molecule has 11 heteroatoms. The Balaban J connectivity index is 1.76. The van der Waals surface area contributed by atoms with Gasteiger partial charge in [-0.2, -0.15) is 0 Å². The molecule has 10 nitrogen and oxygen atoms in total. The first kappa shape index (κ1) is 19.3. The Hall–Kier alpha value is -3.43. The summed E-state index contributed by atoms with van der Waals surface area (Å²) < 4.78 is 26.2. The first-order valence-corrected chi connectivity index (χ1v) is 8.29. The Kier molecular flexibility index (Phi) is 5.57. The van der Waals surface area contributed by atoms with E-state index in [1.165, 1.54) is 0 Å². The van der Waals surface area contributed by atoms with Gasteiger partial charge in [0.1, 0.15) is 18.8 Å². The van der Waals surface area contributed by atoms with Crippen molar-refractivity contribution in [1.29, 1.82) is 0 Å². The van der Waals surface area contributed by atoms with Gasteiger partial charge in [-0.1, -0.05) is 22.8 Å². The molecule has 0 saturated carbocycles. The fraction of sp³-hybridized carbons (Fsp3) is 0.353. The number of aromatic amines is 1. The van der Waals surface area contributed by atoms with Crippen LogP contribution in [0.4, 0.5) is 4.39 Å². The molecule has 4 atom stereocenters. The summed E-state index contributed by atoms with van der Waals surface area (Å²) in [5.74, 6) is -0.650. The monoisotopic (exact) mass is 389 g/mol. The number of benzene rings is 1. The van der Waals surface area contributed by atoms with Crippen LogP contribution in [0.1, 0.15) is 22.1 Å². The van der Waals surface area contributed by atoms with Gasteiger partial charge in [-0.05, 0) is 24.6 Å². The second-order valence-corrected chi connectivity index (χ2v) is 6.19. The number of rotatable bonds is 5. The van der Waals surface area contributed by atoms with Crippen LogP contribution in [-0.2, 0) is 9.47 Å². The van der Waals surface area contributed by atoms with Gasteiger partial charge in [0.15, 0.2) is 12.4 Å². The largest absolute Gasteiger partial charge is 0.459 e. The van der Waals surface area contributed by atoms with E-state index in [1.54, 1.807) is 24.3 Å². The van der Waals surface area contributed by atoms with E-state index in [2.05, 4.69) is 10.0 Å². The molecule has 0 unspecified atom stereocenters. The highest BCUT2D eigenvalue weighted by molar-refractivity contribution is 5.89. The summed E-state index contributed by atoms with van der Waals surface area (Å²) in [6.45, 7) is 1.48. The quantitative estimate of drug-likeness (QED) is 0.358. The van der Waals surface area contributed by atoms with Crippen LogP contribution in [0.2, 0.25) is 0 Å². The molecule has 1 aromatic heterocycles. The number of aryl methyl sites for hydroxylation is 1. The summed E-state index contributed by atoms with van der Waals surface area (Å²) in [5.41, 5.74) is 8.44. The fourth-order valence-electron chi connectivity index (χ4n) is 2.82. The third-order valence-corrected chi connectivity index (χ3v) is 4.27. The Morgan fingerprint density at radius 3 is 2.71 bits per heavy atom. The van der Waals surface area contributed by atoms with Crippen LogP contribution in [0.3, 0.4) is 0 Å². The molecule has 2 aromatic rings. The number of hydrogen-bond donors (Lipinski definition) is 1. The average molecular weight is 389 g/mol. The fourth-order valence-corrected chi connectivity index (χ4v) is 2.82. The predicted octanol–water partition coefficient (Wildman–Crippen LogP) is 1.62. The van der Waals surface area contributed by atoms with Gasteiger partial charge in [0.2, 0.25) is 0 Å². The summed E-state index contributed by atoms with van der Waals surface area (Å²) >= 11 is 0. The van der Waals surface area contributed by atoms with Crippen molar-refractivity contribution >= 4 is 5.97 Å². The molecule has 1 aromatic carbocycles. The van der Waals surface area contributed by atoms with Crippen molar-refractivity contribution in [3.63, 3.8) is 0 Å². The molecule has 28 heavy (non-hydrogen) atoms. The highest BCUT2D eigenvalue weighted by Gasteiger charge is 2.46. The van der Waals surface area contributed by atoms with Gasteiger partial charge in [0.05, 0.1) is 5.56 Å². The zero-order chi connectivity index (χ0) is 20.3. The molecule has 1 fully saturated rings. The number of aromatic nitrogens is 2. The number of carbonyl (C=O) groups excluding carboxylic acids is 1. The number of nitrogens with zero attached hydrogens (tertiary/aromatic N) is 4. The Morgan fingerprint density at radius 1 is 1.36 bits per heavy atom. The number of halogens is 1. The summed E-state index contributed by atoms with van der Waals surface area (Å²) in [4.78, 5) is 39.8. The van der Waals surface area contributed by atoms with Crippen molar-refractivity contribution < 1.29 is 18.7 Å². The summed E-state index contributed by atoms with van der Waals surface area (Å²) in [7, 11) is 0. The lowest BCUT2D eigenvalue weighted by Crippen LogP contribution is -2.35. The van der Waals surface area contributed by atoms with E-state index >= 15 is 0 Å². The maximum atomic E-state index is 14.8. The molecule has 1 saturated heterocycles. The lowest BCUT2D eigenvalue weighted by molar-refractivity contribution is -0.0465. The number of alkyl halides is 1. The maximum absolute atomic E-state index is 14.8. The predicted molar refractivity (Wildman–Crippen MR) is 94.5 cm³/mol. The number of hydrogen-bond acceptors (Lipinski definition) is 6. The molecule has 146 valence electrons. The zero-order valence-corrected chi connectivity index (χ0v) is 14.7. The highest BCUT2D eigenvalue weighted by atomic mass is 19.1. The molecule has 1 N–H and O–H groups in total. The molecular formula is C17H16FN5O5. The number of H-pyrrole nitrogens is 1. The zero-order valence-electron chi connectivity index (χ0n) is 14.7. The van der Waals surface area contributed by atoms with E-state index < -0.39 is 41.8 Å². The molecule has 0 spiro atoms. The third-order valence-electron chi connectivity index (χ3n) is 4.27. The third kappa shape index (κ3) is 3.95. The number of ether oxygens (including phenoxy) is 2. The van der Waals surface area contributed by atoms with Crippen LogP contribution < -0.4 is 11.2 Å². The van der Waals surface area contributed by atoms with Crippen LogP contribution in [0, 0.1) is 6.92 Å². The first-order chi connectivity index (χ1) is 13.4. The van der Waals surface area contributed by atoms with E-state index in [-0.39, 0.29) is 6.61 Å². The second-order valence-electron chi connectivity index (χ2n) is 6.19. The van der Waals surface area contributed by atoms with Gasteiger partial charge < -0.3 is 9.47 Å². The number of carbonyl (C=O) groups is 1. The topological polar surface area (TPSA) is 139 Å². The van der Waals surface area contributed by atoms with Crippen molar-refractivity contribution in [3.8, 4) is 0 Å². The van der Waals surface area contributed by atoms with Crippen molar-refractivity contribution in [1.82, 2.24) is 9.55 Å². The van der Waals surface area contributed by atoms with Crippen molar-refractivity contribution in [2.75, 3.05) is 6.61 Å². The molecule has 2 heterocycles. The summed E-state index contributed by atoms with van der Waals surface area (Å²) in [6.07, 6.45) is -3.36. The molecule has 0 radical (unpaired) electrons. The molecule has 1 aliphatic rings. The van der Waals surface area contributed by atoms with Crippen molar-refractivity contribution in [3.05, 3.63) is 78.9 Å². The normalized spacial score (nSPS) is 23.8. The minimum atomic E-state index is -1.89. The summed E-state index contributed by atoms with van der Waals surface area (Å²) in [6, 6.07) is 6.35. The van der Waals surface area contributed by atoms with E-state index in [9.17, 15) is 18.8 Å². The smallest absolute Gasteiger partial charge is 0.338 e. The van der Waals surface area contributed by atoms with E-state index in [4.69, 9.17) is 15.0 Å². The van der Waals surface area contributed by atoms with Gasteiger partial charge in [-0.3, -0.25) is 14.3 Å². The van der Waals surface area contributed by atoms with E-state index in [1.807, 2.05) is 11.9 Å². The maximum Gasteiger partial charge on any atom is 0.338 e. The van der Waals surface area contributed by atoms with Gasteiger partial charge in [0, 0.05) is 17.2 Å². The molecular weight excluding hydrogens is 373 g/mol. The van der Waals surface area contributed by atoms with Crippen LogP contribution >= 0.6 is 0 Å². The van der Waals surface area contributed by atoms with Gasteiger partial charge in [0.25, 0.3) is 5.56 Å². The van der Waals surface area contributed by atoms with Crippen LogP contribution in [0.15, 0.2) is 51.2 Å².